The third kappa shape index (κ3) is 2.33. The van der Waals surface area contributed by atoms with E-state index in [1.165, 1.54) is 12.1 Å². The molecule has 0 aliphatic carbocycles. The summed E-state index contributed by atoms with van der Waals surface area (Å²) in [6.45, 7) is 0. The summed E-state index contributed by atoms with van der Waals surface area (Å²) in [5.41, 5.74) is 8.56. The number of nitrogen functional groups attached to an aromatic ring is 1. The number of rotatable bonds is 3. The van der Waals surface area contributed by atoms with Crippen molar-refractivity contribution in [2.45, 2.75) is 0 Å². The quantitative estimate of drug-likeness (QED) is 0.796. The van der Waals surface area contributed by atoms with Gasteiger partial charge in [-0.1, -0.05) is 29.4 Å². The molecular formula is C16H13FN2O2. The van der Waals surface area contributed by atoms with E-state index >= 15 is 0 Å². The molecule has 0 spiro atoms. The van der Waals surface area contributed by atoms with Crippen LogP contribution in [-0.2, 0) is 0 Å². The van der Waals surface area contributed by atoms with Crippen LogP contribution in [0.15, 0.2) is 53.1 Å². The molecule has 0 saturated heterocycles. The maximum absolute atomic E-state index is 13.1. The lowest BCUT2D eigenvalue weighted by molar-refractivity contribution is 0.414. The number of nitrogens with zero attached hydrogens (tertiary/aromatic N) is 1. The third-order valence-corrected chi connectivity index (χ3v) is 3.21. The summed E-state index contributed by atoms with van der Waals surface area (Å²) in [5, 5.41) is 4.02. The Bertz CT molecular complexity index is 766. The number of methoxy groups -OCH3 is 1. The standard InChI is InChI=1S/C16H13FN2O2/c1-20-13-5-3-2-4-12(13)15-14(16(18)21-19-15)10-6-8-11(17)9-7-10/h2-9H,18H2,1H3. The van der Waals surface area contributed by atoms with Gasteiger partial charge in [0.25, 0.3) is 0 Å². The Labute approximate surface area is 120 Å². The minimum Gasteiger partial charge on any atom is -0.496 e. The number of benzene rings is 2. The normalized spacial score (nSPS) is 10.6. The van der Waals surface area contributed by atoms with Crippen molar-refractivity contribution >= 4 is 5.88 Å². The highest BCUT2D eigenvalue weighted by molar-refractivity contribution is 5.88. The maximum Gasteiger partial charge on any atom is 0.230 e. The van der Waals surface area contributed by atoms with Gasteiger partial charge in [-0.3, -0.25) is 0 Å². The molecule has 3 rings (SSSR count). The predicted molar refractivity (Wildman–Crippen MR) is 78.3 cm³/mol. The first-order valence-electron chi connectivity index (χ1n) is 6.35. The summed E-state index contributed by atoms with van der Waals surface area (Å²) in [7, 11) is 1.58. The molecule has 106 valence electrons. The third-order valence-electron chi connectivity index (χ3n) is 3.21. The topological polar surface area (TPSA) is 61.3 Å². The molecule has 5 heteroatoms. The van der Waals surface area contributed by atoms with E-state index in [2.05, 4.69) is 5.16 Å². The van der Waals surface area contributed by atoms with Gasteiger partial charge in [-0.05, 0) is 29.8 Å². The second-order valence-electron chi connectivity index (χ2n) is 4.48. The Morgan fingerprint density at radius 1 is 1.10 bits per heavy atom. The second-order valence-corrected chi connectivity index (χ2v) is 4.48. The van der Waals surface area contributed by atoms with Crippen molar-refractivity contribution in [3.05, 3.63) is 54.3 Å². The highest BCUT2D eigenvalue weighted by atomic mass is 19.1. The van der Waals surface area contributed by atoms with Crippen molar-refractivity contribution in [3.8, 4) is 28.1 Å². The molecule has 21 heavy (non-hydrogen) atoms. The summed E-state index contributed by atoms with van der Waals surface area (Å²) in [6.07, 6.45) is 0. The Balaban J connectivity index is 2.19. The Hall–Kier alpha value is -2.82. The van der Waals surface area contributed by atoms with Crippen LogP contribution in [0.25, 0.3) is 22.4 Å². The van der Waals surface area contributed by atoms with Crippen LogP contribution in [0, 0.1) is 5.82 Å². The fraction of sp³-hybridized carbons (Fsp3) is 0.0625. The van der Waals surface area contributed by atoms with Gasteiger partial charge >= 0.3 is 0 Å². The van der Waals surface area contributed by atoms with Crippen LogP contribution in [0.3, 0.4) is 0 Å². The molecule has 3 aromatic rings. The van der Waals surface area contributed by atoms with Crippen LogP contribution in [0.4, 0.5) is 10.3 Å². The van der Waals surface area contributed by atoms with Crippen LogP contribution in [0.1, 0.15) is 0 Å². The van der Waals surface area contributed by atoms with E-state index in [1.54, 1.807) is 19.2 Å². The van der Waals surface area contributed by atoms with Gasteiger partial charge < -0.3 is 15.0 Å². The summed E-state index contributed by atoms with van der Waals surface area (Å²) < 4.78 is 23.5. The molecule has 1 heterocycles. The second kappa shape index (κ2) is 5.28. The van der Waals surface area contributed by atoms with Crippen LogP contribution in [0.2, 0.25) is 0 Å². The SMILES string of the molecule is COc1ccccc1-c1noc(N)c1-c1ccc(F)cc1. The van der Waals surface area contributed by atoms with Gasteiger partial charge in [0.1, 0.15) is 17.3 Å². The van der Waals surface area contributed by atoms with Crippen molar-refractivity contribution in [2.24, 2.45) is 0 Å². The Kier molecular flexibility index (Phi) is 3.31. The summed E-state index contributed by atoms with van der Waals surface area (Å²) in [5.74, 6) is 0.532. The van der Waals surface area contributed by atoms with E-state index in [0.29, 0.717) is 17.0 Å². The fourth-order valence-corrected chi connectivity index (χ4v) is 2.22. The van der Waals surface area contributed by atoms with E-state index in [0.717, 1.165) is 11.1 Å². The number of anilines is 1. The molecule has 2 N–H and O–H groups in total. The molecule has 2 aromatic carbocycles. The minimum absolute atomic E-state index is 0.183. The van der Waals surface area contributed by atoms with Crippen molar-refractivity contribution in [3.63, 3.8) is 0 Å². The molecule has 1 aromatic heterocycles. The number of aromatic nitrogens is 1. The predicted octanol–water partition coefficient (Wildman–Crippen LogP) is 3.74. The van der Waals surface area contributed by atoms with Crippen molar-refractivity contribution in [1.29, 1.82) is 0 Å². The summed E-state index contributed by atoms with van der Waals surface area (Å²) in [6, 6.07) is 13.4. The molecular weight excluding hydrogens is 271 g/mol. The maximum atomic E-state index is 13.1. The van der Waals surface area contributed by atoms with E-state index in [-0.39, 0.29) is 11.7 Å². The minimum atomic E-state index is -0.312. The first kappa shape index (κ1) is 13.2. The molecule has 4 nitrogen and oxygen atoms in total. The summed E-state index contributed by atoms with van der Waals surface area (Å²) in [4.78, 5) is 0. The number of nitrogens with two attached hydrogens (primary N) is 1. The van der Waals surface area contributed by atoms with E-state index < -0.39 is 0 Å². The van der Waals surface area contributed by atoms with Crippen molar-refractivity contribution < 1.29 is 13.7 Å². The lowest BCUT2D eigenvalue weighted by atomic mass is 10.0. The number of para-hydroxylation sites is 1. The van der Waals surface area contributed by atoms with Gasteiger partial charge in [0.15, 0.2) is 0 Å². The van der Waals surface area contributed by atoms with Crippen molar-refractivity contribution in [1.82, 2.24) is 5.16 Å². The number of hydrogen-bond acceptors (Lipinski definition) is 4. The van der Waals surface area contributed by atoms with E-state index in [9.17, 15) is 4.39 Å². The Morgan fingerprint density at radius 3 is 2.52 bits per heavy atom. The smallest absolute Gasteiger partial charge is 0.230 e. The molecule has 0 bridgehead atoms. The zero-order chi connectivity index (χ0) is 14.8. The van der Waals surface area contributed by atoms with Gasteiger partial charge in [0.05, 0.1) is 12.7 Å². The van der Waals surface area contributed by atoms with E-state index in [4.69, 9.17) is 15.0 Å². The highest BCUT2D eigenvalue weighted by Crippen LogP contribution is 2.39. The lowest BCUT2D eigenvalue weighted by Crippen LogP contribution is -1.91. The molecule has 0 aliphatic rings. The average Bonchev–Trinajstić information content (AvgIpc) is 2.90. The molecule has 0 aliphatic heterocycles. The van der Waals surface area contributed by atoms with Gasteiger partial charge in [0.2, 0.25) is 5.88 Å². The number of ether oxygens (including phenoxy) is 1. The molecule has 0 unspecified atom stereocenters. The molecule has 0 radical (unpaired) electrons. The largest absolute Gasteiger partial charge is 0.496 e. The fourth-order valence-electron chi connectivity index (χ4n) is 2.22. The molecule has 0 fully saturated rings. The summed E-state index contributed by atoms with van der Waals surface area (Å²) >= 11 is 0. The Morgan fingerprint density at radius 2 is 1.81 bits per heavy atom. The highest BCUT2D eigenvalue weighted by Gasteiger charge is 2.19. The first-order valence-corrected chi connectivity index (χ1v) is 6.35. The van der Waals surface area contributed by atoms with Crippen LogP contribution in [0.5, 0.6) is 5.75 Å². The van der Waals surface area contributed by atoms with Gasteiger partial charge in [-0.25, -0.2) is 4.39 Å². The number of halogens is 1. The monoisotopic (exact) mass is 284 g/mol. The van der Waals surface area contributed by atoms with Crippen LogP contribution in [-0.4, -0.2) is 12.3 Å². The van der Waals surface area contributed by atoms with Crippen LogP contribution < -0.4 is 10.5 Å². The van der Waals surface area contributed by atoms with E-state index in [1.807, 2.05) is 24.3 Å². The first-order chi connectivity index (χ1) is 10.2. The number of hydrogen-bond donors (Lipinski definition) is 1. The molecule has 0 amide bonds. The van der Waals surface area contributed by atoms with Crippen LogP contribution >= 0.6 is 0 Å². The molecule has 0 atom stereocenters. The zero-order valence-electron chi connectivity index (χ0n) is 11.3. The lowest BCUT2D eigenvalue weighted by Gasteiger charge is -2.07. The average molecular weight is 284 g/mol. The molecule has 0 saturated carbocycles. The van der Waals surface area contributed by atoms with Gasteiger partial charge in [-0.15, -0.1) is 0 Å². The van der Waals surface area contributed by atoms with Crippen molar-refractivity contribution in [2.75, 3.05) is 12.8 Å². The van der Waals surface area contributed by atoms with Gasteiger partial charge in [-0.2, -0.15) is 0 Å². The van der Waals surface area contributed by atoms with Gasteiger partial charge in [0, 0.05) is 5.56 Å². The zero-order valence-corrected chi connectivity index (χ0v) is 11.3.